The van der Waals surface area contributed by atoms with E-state index in [1.54, 1.807) is 24.5 Å². The van der Waals surface area contributed by atoms with Crippen LogP contribution < -0.4 is 16.6 Å². The van der Waals surface area contributed by atoms with Gasteiger partial charge in [-0.25, -0.2) is 9.18 Å². The first kappa shape index (κ1) is 29.8. The number of nitrogens with zero attached hydrogens (tertiary/aromatic N) is 3. The smallest absolute Gasteiger partial charge is 0.331 e. The molecule has 0 amide bonds. The number of hydrogen-bond acceptors (Lipinski definition) is 8. The number of esters is 2. The summed E-state index contributed by atoms with van der Waals surface area (Å²) in [7, 11) is 0. The van der Waals surface area contributed by atoms with E-state index in [9.17, 15) is 19.2 Å². The van der Waals surface area contributed by atoms with Crippen LogP contribution in [-0.2, 0) is 25.6 Å². The number of fused-ring (bicyclic) bond motifs is 1. The highest BCUT2D eigenvalue weighted by atomic mass is 19.1. The minimum atomic E-state index is -0.593. The van der Waals surface area contributed by atoms with Gasteiger partial charge >= 0.3 is 17.6 Å². The maximum Gasteiger partial charge on any atom is 0.331 e. The summed E-state index contributed by atoms with van der Waals surface area (Å²) in [5, 5.41) is 3.46. The summed E-state index contributed by atoms with van der Waals surface area (Å²) in [6, 6.07) is 2.93. The van der Waals surface area contributed by atoms with Crippen LogP contribution in [0.3, 0.4) is 0 Å². The minimum Gasteiger partial charge on any atom is -0.465 e. The van der Waals surface area contributed by atoms with Crippen LogP contribution in [0, 0.1) is 5.82 Å². The molecule has 0 spiro atoms. The first-order valence-electron chi connectivity index (χ1n) is 14.6. The second-order valence-electron chi connectivity index (χ2n) is 10.7. The molecule has 0 bridgehead atoms. The Bertz CT molecular complexity index is 1290. The molecule has 0 aliphatic heterocycles. The van der Waals surface area contributed by atoms with E-state index in [0.29, 0.717) is 11.2 Å². The first-order valence-corrected chi connectivity index (χ1v) is 14.6. The standard InChI is InChI=1S/C29H41FN4O6/c1-3-39-26(35)18-32(19-27(36)40-4-2)14-15-33-28(37)22-16-23(30)24(31-20-10-6-5-7-11-20)17-25(22)34(29(33)38)21-12-8-9-13-21/h16-17,20-21,31H,3-15,18-19H2,1-2H3. The number of rotatable bonds is 12. The van der Waals surface area contributed by atoms with E-state index in [4.69, 9.17) is 9.47 Å². The Kier molecular flexibility index (Phi) is 10.4. The zero-order chi connectivity index (χ0) is 28.6. The maximum absolute atomic E-state index is 15.3. The lowest BCUT2D eigenvalue weighted by atomic mass is 9.95. The van der Waals surface area contributed by atoms with Crippen molar-refractivity contribution >= 4 is 28.5 Å². The molecule has 2 aromatic rings. The van der Waals surface area contributed by atoms with Gasteiger partial charge in [-0.3, -0.25) is 28.4 Å². The van der Waals surface area contributed by atoms with Crippen LogP contribution in [0.5, 0.6) is 0 Å². The van der Waals surface area contributed by atoms with Gasteiger partial charge in [-0.1, -0.05) is 32.1 Å². The van der Waals surface area contributed by atoms with Gasteiger partial charge in [-0.05, 0) is 51.7 Å². The topological polar surface area (TPSA) is 112 Å². The van der Waals surface area contributed by atoms with Crippen LogP contribution in [-0.4, -0.2) is 64.9 Å². The van der Waals surface area contributed by atoms with Crippen molar-refractivity contribution in [1.82, 2.24) is 14.0 Å². The SMILES string of the molecule is CCOC(=O)CN(CCn1c(=O)c2cc(F)c(NC3CCCCC3)cc2n(C2CCCC2)c1=O)CC(=O)OCC. The van der Waals surface area contributed by atoms with Crippen LogP contribution in [0.15, 0.2) is 21.7 Å². The molecule has 2 aliphatic rings. The number of ether oxygens (including phenoxy) is 2. The van der Waals surface area contributed by atoms with Crippen LogP contribution in [0.1, 0.15) is 77.7 Å². The van der Waals surface area contributed by atoms with E-state index in [1.807, 2.05) is 0 Å². The molecule has 40 heavy (non-hydrogen) atoms. The van der Waals surface area contributed by atoms with Gasteiger partial charge in [0.25, 0.3) is 5.56 Å². The van der Waals surface area contributed by atoms with Crippen molar-refractivity contribution in [2.45, 2.75) is 90.3 Å². The predicted octanol–water partition coefficient (Wildman–Crippen LogP) is 3.59. The third-order valence-electron chi connectivity index (χ3n) is 7.87. The molecule has 0 saturated heterocycles. The Morgan fingerprint density at radius 1 is 0.950 bits per heavy atom. The lowest BCUT2D eigenvalue weighted by molar-refractivity contribution is -0.148. The third-order valence-corrected chi connectivity index (χ3v) is 7.87. The number of carbonyl (C=O) groups excluding carboxylic acids is 2. The van der Waals surface area contributed by atoms with E-state index in [-0.39, 0.29) is 56.9 Å². The highest BCUT2D eigenvalue weighted by Gasteiger charge is 2.26. The van der Waals surface area contributed by atoms with Gasteiger partial charge in [-0.15, -0.1) is 0 Å². The van der Waals surface area contributed by atoms with Gasteiger partial charge in [0.2, 0.25) is 0 Å². The molecule has 1 heterocycles. The first-order chi connectivity index (χ1) is 19.3. The third kappa shape index (κ3) is 7.10. The summed E-state index contributed by atoms with van der Waals surface area (Å²) in [6.45, 7) is 3.31. The fraction of sp³-hybridized carbons (Fsp3) is 0.655. The lowest BCUT2D eigenvalue weighted by Gasteiger charge is -2.25. The van der Waals surface area contributed by atoms with Gasteiger partial charge in [0.15, 0.2) is 0 Å². The molecular formula is C29H41FN4O6. The molecule has 2 aliphatic carbocycles. The summed E-state index contributed by atoms with van der Waals surface area (Å²) in [5.41, 5.74) is -0.304. The lowest BCUT2D eigenvalue weighted by Crippen LogP contribution is -2.45. The molecule has 1 N–H and O–H groups in total. The number of aromatic nitrogens is 2. The zero-order valence-electron chi connectivity index (χ0n) is 23.6. The van der Waals surface area contributed by atoms with Crippen molar-refractivity contribution in [3.05, 3.63) is 38.8 Å². The number of carbonyl (C=O) groups is 2. The molecule has 220 valence electrons. The second-order valence-corrected chi connectivity index (χ2v) is 10.7. The normalized spacial score (nSPS) is 16.5. The Labute approximate surface area is 233 Å². The van der Waals surface area contributed by atoms with Crippen molar-refractivity contribution in [1.29, 1.82) is 0 Å². The molecule has 2 fully saturated rings. The van der Waals surface area contributed by atoms with Gasteiger partial charge in [0.05, 0.1) is 42.9 Å². The van der Waals surface area contributed by atoms with Crippen LogP contribution in [0.2, 0.25) is 0 Å². The summed E-state index contributed by atoms with van der Waals surface area (Å²) in [6.07, 6.45) is 8.82. The molecule has 0 atom stereocenters. The van der Waals surface area contributed by atoms with E-state index < -0.39 is 29.0 Å². The van der Waals surface area contributed by atoms with Crippen molar-refractivity contribution < 1.29 is 23.5 Å². The van der Waals surface area contributed by atoms with Gasteiger partial charge in [0, 0.05) is 25.2 Å². The fourth-order valence-electron chi connectivity index (χ4n) is 5.92. The van der Waals surface area contributed by atoms with E-state index in [0.717, 1.165) is 55.9 Å². The van der Waals surface area contributed by atoms with Crippen molar-refractivity contribution in [3.63, 3.8) is 0 Å². The molecule has 2 saturated carbocycles. The van der Waals surface area contributed by atoms with E-state index in [1.165, 1.54) is 17.4 Å². The maximum atomic E-state index is 15.3. The average Bonchev–Trinajstić information content (AvgIpc) is 3.45. The van der Waals surface area contributed by atoms with Gasteiger partial charge < -0.3 is 14.8 Å². The number of nitrogens with one attached hydrogen (secondary N) is 1. The highest BCUT2D eigenvalue weighted by Crippen LogP contribution is 2.32. The largest absolute Gasteiger partial charge is 0.465 e. The Hall–Kier alpha value is -3.21. The van der Waals surface area contributed by atoms with Crippen LogP contribution >= 0.6 is 0 Å². The monoisotopic (exact) mass is 560 g/mol. The van der Waals surface area contributed by atoms with E-state index in [2.05, 4.69) is 5.32 Å². The van der Waals surface area contributed by atoms with Crippen LogP contribution in [0.25, 0.3) is 10.9 Å². The summed E-state index contributed by atoms with van der Waals surface area (Å²) in [5.74, 6) is -1.58. The molecule has 4 rings (SSSR count). The molecule has 11 heteroatoms. The van der Waals surface area contributed by atoms with E-state index >= 15 is 4.39 Å². The number of anilines is 1. The van der Waals surface area contributed by atoms with Crippen LogP contribution in [0.4, 0.5) is 10.1 Å². The fourth-order valence-corrected chi connectivity index (χ4v) is 5.92. The molecule has 10 nitrogen and oxygen atoms in total. The summed E-state index contributed by atoms with van der Waals surface area (Å²) in [4.78, 5) is 53.2. The molecule has 0 radical (unpaired) electrons. The van der Waals surface area contributed by atoms with Crippen molar-refractivity contribution in [2.24, 2.45) is 0 Å². The van der Waals surface area contributed by atoms with Gasteiger partial charge in [-0.2, -0.15) is 0 Å². The summed E-state index contributed by atoms with van der Waals surface area (Å²) >= 11 is 0. The molecular weight excluding hydrogens is 519 g/mol. The molecule has 1 aromatic carbocycles. The number of halogens is 1. The second kappa shape index (κ2) is 13.9. The average molecular weight is 561 g/mol. The summed E-state index contributed by atoms with van der Waals surface area (Å²) < 4.78 is 28.1. The Morgan fingerprint density at radius 2 is 1.55 bits per heavy atom. The quantitative estimate of drug-likeness (QED) is 0.392. The van der Waals surface area contributed by atoms with Gasteiger partial charge in [0.1, 0.15) is 5.82 Å². The zero-order valence-corrected chi connectivity index (χ0v) is 23.6. The molecule has 0 unspecified atom stereocenters. The number of hydrogen-bond donors (Lipinski definition) is 1. The van der Waals surface area contributed by atoms with Crippen molar-refractivity contribution in [3.8, 4) is 0 Å². The Morgan fingerprint density at radius 3 is 2.15 bits per heavy atom. The predicted molar refractivity (Wildman–Crippen MR) is 150 cm³/mol. The van der Waals surface area contributed by atoms with Crippen molar-refractivity contribution in [2.75, 3.05) is 38.2 Å². The minimum absolute atomic E-state index is 0.0484. The number of benzene rings is 1. The highest BCUT2D eigenvalue weighted by molar-refractivity contribution is 5.82. The Balaban J connectivity index is 1.70. The molecule has 1 aromatic heterocycles.